The molecule has 24 heavy (non-hydrogen) atoms. The molecule has 130 valence electrons. The molecule has 0 fully saturated rings. The van der Waals surface area contributed by atoms with Crippen molar-refractivity contribution >= 4 is 0 Å². The highest BCUT2D eigenvalue weighted by molar-refractivity contribution is 5.40. The summed E-state index contributed by atoms with van der Waals surface area (Å²) in [5.41, 5.74) is 3.61. The fourth-order valence-electron chi connectivity index (χ4n) is 2.32. The lowest BCUT2D eigenvalue weighted by Gasteiger charge is -2.14. The molecule has 0 saturated carbocycles. The Balaban J connectivity index is 1.91. The molecule has 0 radical (unpaired) electrons. The van der Waals surface area contributed by atoms with Crippen molar-refractivity contribution in [1.82, 2.24) is 5.32 Å². The smallest absolute Gasteiger partial charge is 0.127 e. The van der Waals surface area contributed by atoms with E-state index in [1.54, 1.807) is 7.11 Å². The number of hydrogen-bond acceptors (Lipinski definition) is 4. The third kappa shape index (κ3) is 5.17. The van der Waals surface area contributed by atoms with Crippen molar-refractivity contribution < 1.29 is 14.2 Å². The van der Waals surface area contributed by atoms with E-state index in [0.29, 0.717) is 13.2 Å². The average Bonchev–Trinajstić information content (AvgIpc) is 2.60. The third-order valence-corrected chi connectivity index (χ3v) is 3.93. The Morgan fingerprint density at radius 1 is 0.875 bits per heavy atom. The lowest BCUT2D eigenvalue weighted by atomic mass is 10.1. The Labute approximate surface area is 144 Å². The van der Waals surface area contributed by atoms with Crippen LogP contribution in [0.25, 0.3) is 0 Å². The molecule has 0 spiro atoms. The predicted octanol–water partition coefficient (Wildman–Crippen LogP) is 3.88. The number of nitrogens with one attached hydrogen (secondary N) is 1. The molecule has 0 heterocycles. The number of methoxy groups -OCH3 is 1. The van der Waals surface area contributed by atoms with Crippen LogP contribution in [0.5, 0.6) is 17.2 Å². The molecule has 0 bridgehead atoms. The first kappa shape index (κ1) is 18.1. The summed E-state index contributed by atoms with van der Waals surface area (Å²) in [4.78, 5) is 0. The Hall–Kier alpha value is -2.20. The van der Waals surface area contributed by atoms with Crippen LogP contribution in [0.15, 0.2) is 36.4 Å². The van der Waals surface area contributed by atoms with E-state index >= 15 is 0 Å². The molecule has 0 aliphatic rings. The lowest BCUT2D eigenvalue weighted by molar-refractivity contribution is 0.215. The molecule has 0 atom stereocenters. The first-order chi connectivity index (χ1) is 11.6. The predicted molar refractivity (Wildman–Crippen MR) is 97.3 cm³/mol. The molecule has 2 aromatic carbocycles. The maximum atomic E-state index is 5.91. The van der Waals surface area contributed by atoms with Gasteiger partial charge < -0.3 is 19.5 Å². The Morgan fingerprint density at radius 3 is 2.33 bits per heavy atom. The van der Waals surface area contributed by atoms with E-state index < -0.39 is 0 Å². The molecule has 0 saturated heterocycles. The van der Waals surface area contributed by atoms with Gasteiger partial charge in [0.1, 0.15) is 30.5 Å². The van der Waals surface area contributed by atoms with Gasteiger partial charge in [-0.3, -0.25) is 0 Å². The zero-order chi connectivity index (χ0) is 17.4. The molecule has 1 N–H and O–H groups in total. The van der Waals surface area contributed by atoms with E-state index in [1.165, 1.54) is 11.1 Å². The number of rotatable bonds is 9. The minimum absolute atomic E-state index is 0.485. The third-order valence-electron chi connectivity index (χ3n) is 3.93. The van der Waals surface area contributed by atoms with Gasteiger partial charge in [0.05, 0.1) is 7.11 Å². The maximum Gasteiger partial charge on any atom is 0.127 e. The molecule has 0 unspecified atom stereocenters. The first-order valence-corrected chi connectivity index (χ1v) is 8.34. The van der Waals surface area contributed by atoms with Crippen molar-refractivity contribution in [2.24, 2.45) is 0 Å². The van der Waals surface area contributed by atoms with E-state index in [2.05, 4.69) is 38.2 Å². The van der Waals surface area contributed by atoms with Crippen molar-refractivity contribution in [3.05, 3.63) is 53.1 Å². The molecular weight excluding hydrogens is 302 g/mol. The maximum absolute atomic E-state index is 5.91. The number of ether oxygens (including phenoxy) is 3. The van der Waals surface area contributed by atoms with Gasteiger partial charge in [-0.05, 0) is 49.7 Å². The fraction of sp³-hybridized carbons (Fsp3) is 0.400. The zero-order valence-electron chi connectivity index (χ0n) is 15.0. The van der Waals surface area contributed by atoms with Crippen molar-refractivity contribution in [3.63, 3.8) is 0 Å². The quantitative estimate of drug-likeness (QED) is 0.709. The van der Waals surface area contributed by atoms with Crippen molar-refractivity contribution in [3.8, 4) is 17.2 Å². The second kappa shape index (κ2) is 9.18. The summed E-state index contributed by atoms with van der Waals surface area (Å²) in [5, 5.41) is 3.32. The summed E-state index contributed by atoms with van der Waals surface area (Å²) in [6.07, 6.45) is 0. The molecule has 2 aromatic rings. The highest BCUT2D eigenvalue weighted by Crippen LogP contribution is 2.25. The first-order valence-electron chi connectivity index (χ1n) is 8.34. The van der Waals surface area contributed by atoms with Gasteiger partial charge in [-0.15, -0.1) is 0 Å². The van der Waals surface area contributed by atoms with Gasteiger partial charge in [0, 0.05) is 18.2 Å². The van der Waals surface area contributed by atoms with Gasteiger partial charge >= 0.3 is 0 Å². The lowest BCUT2D eigenvalue weighted by Crippen LogP contribution is -2.14. The summed E-state index contributed by atoms with van der Waals surface area (Å²) < 4.78 is 17.0. The minimum atomic E-state index is 0.485. The standard InChI is InChI=1S/C20H27NO3/c1-5-21-14-17-7-9-18(22-4)13-20(17)24-11-10-23-19-8-6-15(2)16(3)12-19/h6-9,12-13,21H,5,10-11,14H2,1-4H3. The summed E-state index contributed by atoms with van der Waals surface area (Å²) >= 11 is 0. The highest BCUT2D eigenvalue weighted by Gasteiger charge is 2.06. The molecule has 0 aliphatic carbocycles. The van der Waals surface area contributed by atoms with E-state index in [1.807, 2.05) is 24.3 Å². The van der Waals surface area contributed by atoms with Crippen molar-refractivity contribution in [2.45, 2.75) is 27.3 Å². The molecule has 4 nitrogen and oxygen atoms in total. The summed E-state index contributed by atoms with van der Waals surface area (Å²) in [7, 11) is 1.66. The Morgan fingerprint density at radius 2 is 1.62 bits per heavy atom. The van der Waals surface area contributed by atoms with Crippen LogP contribution in [0.3, 0.4) is 0 Å². The van der Waals surface area contributed by atoms with Gasteiger partial charge in [0.15, 0.2) is 0 Å². The molecule has 0 aromatic heterocycles. The van der Waals surface area contributed by atoms with Gasteiger partial charge in [-0.25, -0.2) is 0 Å². The van der Waals surface area contributed by atoms with E-state index in [9.17, 15) is 0 Å². The monoisotopic (exact) mass is 329 g/mol. The topological polar surface area (TPSA) is 39.7 Å². The van der Waals surface area contributed by atoms with E-state index in [0.717, 1.165) is 35.9 Å². The van der Waals surface area contributed by atoms with Crippen molar-refractivity contribution in [2.75, 3.05) is 26.9 Å². The van der Waals surface area contributed by atoms with Crippen LogP contribution < -0.4 is 19.5 Å². The second-order valence-electron chi connectivity index (χ2n) is 5.70. The van der Waals surface area contributed by atoms with Crippen LogP contribution in [0.1, 0.15) is 23.6 Å². The van der Waals surface area contributed by atoms with Crippen molar-refractivity contribution in [1.29, 1.82) is 0 Å². The number of hydrogen-bond donors (Lipinski definition) is 1. The van der Waals surface area contributed by atoms with Crippen LogP contribution in [-0.2, 0) is 6.54 Å². The Bertz CT molecular complexity index is 655. The SMILES string of the molecule is CCNCc1ccc(OC)cc1OCCOc1ccc(C)c(C)c1. The molecule has 4 heteroatoms. The average molecular weight is 329 g/mol. The normalized spacial score (nSPS) is 10.5. The number of benzene rings is 2. The zero-order valence-corrected chi connectivity index (χ0v) is 15.0. The van der Waals surface area contributed by atoms with Crippen LogP contribution in [-0.4, -0.2) is 26.9 Å². The number of aryl methyl sites for hydroxylation is 2. The molecule has 2 rings (SSSR count). The van der Waals surface area contributed by atoms with Crippen LogP contribution in [0.4, 0.5) is 0 Å². The summed E-state index contributed by atoms with van der Waals surface area (Å²) in [6, 6.07) is 12.0. The minimum Gasteiger partial charge on any atom is -0.497 e. The largest absolute Gasteiger partial charge is 0.497 e. The Kier molecular flexibility index (Phi) is 6.94. The fourth-order valence-corrected chi connectivity index (χ4v) is 2.32. The van der Waals surface area contributed by atoms with Crippen LogP contribution in [0, 0.1) is 13.8 Å². The van der Waals surface area contributed by atoms with E-state index in [-0.39, 0.29) is 0 Å². The van der Waals surface area contributed by atoms with Gasteiger partial charge in [-0.1, -0.05) is 19.1 Å². The molecule has 0 aliphatic heterocycles. The van der Waals surface area contributed by atoms with E-state index in [4.69, 9.17) is 14.2 Å². The van der Waals surface area contributed by atoms with Crippen LogP contribution >= 0.6 is 0 Å². The van der Waals surface area contributed by atoms with Gasteiger partial charge in [-0.2, -0.15) is 0 Å². The molecule has 0 amide bonds. The van der Waals surface area contributed by atoms with Crippen LogP contribution in [0.2, 0.25) is 0 Å². The second-order valence-corrected chi connectivity index (χ2v) is 5.70. The summed E-state index contributed by atoms with van der Waals surface area (Å²) in [5.74, 6) is 2.50. The van der Waals surface area contributed by atoms with Gasteiger partial charge in [0.25, 0.3) is 0 Å². The summed E-state index contributed by atoms with van der Waals surface area (Å²) in [6.45, 7) is 8.94. The molecular formula is C20H27NO3. The highest BCUT2D eigenvalue weighted by atomic mass is 16.5. The van der Waals surface area contributed by atoms with Gasteiger partial charge in [0.2, 0.25) is 0 Å².